The van der Waals surface area contributed by atoms with E-state index >= 15 is 0 Å². The lowest BCUT2D eigenvalue weighted by molar-refractivity contribution is -0.122. The Balaban J connectivity index is 2.06. The lowest BCUT2D eigenvalue weighted by Gasteiger charge is -2.18. The number of carbonyl (C=O) groups excluding carboxylic acids is 1. The van der Waals surface area contributed by atoms with Crippen LogP contribution in [0.5, 0.6) is 5.75 Å². The molecule has 1 unspecified atom stereocenters. The Bertz CT molecular complexity index is 579. The lowest BCUT2D eigenvalue weighted by Crippen LogP contribution is -2.30. The fourth-order valence-electron chi connectivity index (χ4n) is 2.10. The maximum Gasteiger partial charge on any atom is 0.242 e. The second-order valence-corrected chi connectivity index (χ2v) is 4.74. The number of aryl methyl sites for hydroxylation is 1. The van der Waals surface area contributed by atoms with Crippen LogP contribution in [-0.2, 0) is 11.3 Å². The Hall–Kier alpha value is -2.30. The third-order valence-electron chi connectivity index (χ3n) is 3.09. The van der Waals surface area contributed by atoms with Gasteiger partial charge in [0.2, 0.25) is 5.91 Å². The SMILES string of the molecule is COc1ccc(C)cc1C(C)NC(=O)Cn1cccn1. The van der Waals surface area contributed by atoms with E-state index in [0.29, 0.717) is 0 Å². The van der Waals surface area contributed by atoms with E-state index in [0.717, 1.165) is 16.9 Å². The van der Waals surface area contributed by atoms with Gasteiger partial charge in [-0.2, -0.15) is 5.10 Å². The molecule has 0 aliphatic carbocycles. The summed E-state index contributed by atoms with van der Waals surface area (Å²) in [6, 6.07) is 7.60. The van der Waals surface area contributed by atoms with Crippen LogP contribution in [0, 0.1) is 6.92 Å². The van der Waals surface area contributed by atoms with Crippen molar-refractivity contribution in [2.45, 2.75) is 26.4 Å². The maximum absolute atomic E-state index is 12.0. The Labute approximate surface area is 118 Å². The molecule has 1 heterocycles. The number of ether oxygens (including phenoxy) is 1. The van der Waals surface area contributed by atoms with Crippen LogP contribution in [0.25, 0.3) is 0 Å². The van der Waals surface area contributed by atoms with Gasteiger partial charge in [0.1, 0.15) is 12.3 Å². The molecule has 0 saturated carbocycles. The minimum Gasteiger partial charge on any atom is -0.496 e. The van der Waals surface area contributed by atoms with Crippen molar-refractivity contribution in [1.29, 1.82) is 0 Å². The topological polar surface area (TPSA) is 56.1 Å². The summed E-state index contributed by atoms with van der Waals surface area (Å²) in [7, 11) is 1.63. The van der Waals surface area contributed by atoms with Gasteiger partial charge in [0.15, 0.2) is 0 Å². The predicted octanol–water partition coefficient (Wildman–Crippen LogP) is 2.08. The third-order valence-corrected chi connectivity index (χ3v) is 3.09. The number of nitrogens with one attached hydrogen (secondary N) is 1. The van der Waals surface area contributed by atoms with Crippen molar-refractivity contribution in [2.24, 2.45) is 0 Å². The molecule has 106 valence electrons. The van der Waals surface area contributed by atoms with Crippen molar-refractivity contribution < 1.29 is 9.53 Å². The van der Waals surface area contributed by atoms with Crippen molar-refractivity contribution in [3.8, 4) is 5.75 Å². The highest BCUT2D eigenvalue weighted by molar-refractivity contribution is 5.76. The second kappa shape index (κ2) is 6.23. The van der Waals surface area contributed by atoms with Crippen LogP contribution in [0.4, 0.5) is 0 Å². The summed E-state index contributed by atoms with van der Waals surface area (Å²) in [5.41, 5.74) is 2.11. The third kappa shape index (κ3) is 3.38. The van der Waals surface area contributed by atoms with Gasteiger partial charge in [-0.15, -0.1) is 0 Å². The summed E-state index contributed by atoms with van der Waals surface area (Å²) >= 11 is 0. The van der Waals surface area contributed by atoms with Crippen LogP contribution in [-0.4, -0.2) is 22.8 Å². The average molecular weight is 273 g/mol. The Morgan fingerprint density at radius 2 is 2.30 bits per heavy atom. The van der Waals surface area contributed by atoms with Gasteiger partial charge in [0.05, 0.1) is 13.2 Å². The predicted molar refractivity (Wildman–Crippen MR) is 76.5 cm³/mol. The quantitative estimate of drug-likeness (QED) is 0.907. The molecule has 0 radical (unpaired) electrons. The highest BCUT2D eigenvalue weighted by Gasteiger charge is 2.14. The van der Waals surface area contributed by atoms with Crippen molar-refractivity contribution >= 4 is 5.91 Å². The summed E-state index contributed by atoms with van der Waals surface area (Å²) in [4.78, 5) is 12.0. The summed E-state index contributed by atoms with van der Waals surface area (Å²) in [5.74, 6) is 0.701. The van der Waals surface area contributed by atoms with Gasteiger partial charge in [-0.3, -0.25) is 9.48 Å². The Morgan fingerprint density at radius 3 is 2.95 bits per heavy atom. The number of amides is 1. The van der Waals surface area contributed by atoms with E-state index in [-0.39, 0.29) is 18.5 Å². The van der Waals surface area contributed by atoms with Gasteiger partial charge >= 0.3 is 0 Å². The molecule has 1 N–H and O–H groups in total. The van der Waals surface area contributed by atoms with Crippen LogP contribution in [0.1, 0.15) is 24.1 Å². The van der Waals surface area contributed by atoms with Crippen LogP contribution in [0.2, 0.25) is 0 Å². The molecule has 0 aliphatic rings. The Kier molecular flexibility index (Phi) is 4.40. The summed E-state index contributed by atoms with van der Waals surface area (Å²) in [5, 5.41) is 6.97. The number of nitrogens with zero attached hydrogens (tertiary/aromatic N) is 2. The molecule has 0 bridgehead atoms. The van der Waals surface area contributed by atoms with Crippen molar-refractivity contribution in [2.75, 3.05) is 7.11 Å². The number of hydrogen-bond acceptors (Lipinski definition) is 3. The van der Waals surface area contributed by atoms with Gasteiger partial charge in [-0.05, 0) is 26.0 Å². The number of rotatable bonds is 5. The van der Waals surface area contributed by atoms with Gasteiger partial charge in [0, 0.05) is 18.0 Å². The van der Waals surface area contributed by atoms with Crippen molar-refractivity contribution in [3.63, 3.8) is 0 Å². The number of aromatic nitrogens is 2. The highest BCUT2D eigenvalue weighted by Crippen LogP contribution is 2.25. The number of carbonyl (C=O) groups is 1. The molecule has 1 aromatic heterocycles. The molecule has 2 rings (SSSR count). The monoisotopic (exact) mass is 273 g/mol. The van der Waals surface area contributed by atoms with Crippen LogP contribution >= 0.6 is 0 Å². The first-order valence-corrected chi connectivity index (χ1v) is 6.51. The summed E-state index contributed by atoms with van der Waals surface area (Å²) < 4.78 is 6.93. The molecule has 1 aromatic carbocycles. The molecule has 5 heteroatoms. The van der Waals surface area contributed by atoms with Gasteiger partial charge in [-0.25, -0.2) is 0 Å². The molecule has 2 aromatic rings. The van der Waals surface area contributed by atoms with Crippen molar-refractivity contribution in [1.82, 2.24) is 15.1 Å². The van der Waals surface area contributed by atoms with E-state index in [2.05, 4.69) is 10.4 Å². The van der Waals surface area contributed by atoms with E-state index < -0.39 is 0 Å². The van der Waals surface area contributed by atoms with E-state index in [1.165, 1.54) is 0 Å². The minimum atomic E-state index is -0.118. The first-order chi connectivity index (χ1) is 9.60. The zero-order valence-electron chi connectivity index (χ0n) is 12.0. The van der Waals surface area contributed by atoms with E-state index in [4.69, 9.17) is 4.74 Å². The standard InChI is InChI=1S/C15H19N3O2/c1-11-5-6-14(20-3)13(9-11)12(2)17-15(19)10-18-8-4-7-16-18/h4-9,12H,10H2,1-3H3,(H,17,19). The molecule has 0 fully saturated rings. The number of benzene rings is 1. The first-order valence-electron chi connectivity index (χ1n) is 6.51. The van der Waals surface area contributed by atoms with E-state index in [1.54, 1.807) is 30.3 Å². The normalized spacial score (nSPS) is 11.9. The summed E-state index contributed by atoms with van der Waals surface area (Å²) in [6.07, 6.45) is 3.41. The average Bonchev–Trinajstić information content (AvgIpc) is 2.91. The van der Waals surface area contributed by atoms with Crippen LogP contribution in [0.3, 0.4) is 0 Å². The second-order valence-electron chi connectivity index (χ2n) is 4.74. The lowest BCUT2D eigenvalue weighted by atomic mass is 10.0. The van der Waals surface area contributed by atoms with Crippen LogP contribution in [0.15, 0.2) is 36.7 Å². The van der Waals surface area contributed by atoms with Gasteiger partial charge in [0.25, 0.3) is 0 Å². The largest absolute Gasteiger partial charge is 0.496 e. The maximum atomic E-state index is 12.0. The highest BCUT2D eigenvalue weighted by atomic mass is 16.5. The molecule has 5 nitrogen and oxygen atoms in total. The van der Waals surface area contributed by atoms with E-state index in [1.807, 2.05) is 32.0 Å². The molecule has 0 saturated heterocycles. The Morgan fingerprint density at radius 1 is 1.50 bits per heavy atom. The van der Waals surface area contributed by atoms with Gasteiger partial charge < -0.3 is 10.1 Å². The summed E-state index contributed by atoms with van der Waals surface area (Å²) in [6.45, 7) is 4.17. The molecular weight excluding hydrogens is 254 g/mol. The molecule has 0 spiro atoms. The fraction of sp³-hybridized carbons (Fsp3) is 0.333. The van der Waals surface area contributed by atoms with E-state index in [9.17, 15) is 4.79 Å². The molecule has 1 amide bonds. The van der Waals surface area contributed by atoms with Crippen LogP contribution < -0.4 is 10.1 Å². The molecule has 0 aliphatic heterocycles. The molecule has 1 atom stereocenters. The number of hydrogen-bond donors (Lipinski definition) is 1. The zero-order valence-corrected chi connectivity index (χ0v) is 12.0. The fourth-order valence-corrected chi connectivity index (χ4v) is 2.10. The molecular formula is C15H19N3O2. The smallest absolute Gasteiger partial charge is 0.242 e. The first kappa shape index (κ1) is 14.1. The molecule has 20 heavy (non-hydrogen) atoms. The number of methoxy groups -OCH3 is 1. The zero-order chi connectivity index (χ0) is 14.5. The van der Waals surface area contributed by atoms with Gasteiger partial charge in [-0.1, -0.05) is 17.7 Å². The minimum absolute atomic E-state index is 0.0789. The van der Waals surface area contributed by atoms with Crippen molar-refractivity contribution in [3.05, 3.63) is 47.8 Å².